The van der Waals surface area contributed by atoms with Crippen molar-refractivity contribution in [2.45, 2.75) is 4.43 Å². The lowest BCUT2D eigenvalue weighted by molar-refractivity contribution is 0.607. The van der Waals surface area contributed by atoms with Crippen LogP contribution >= 0.6 is 22.6 Å². The van der Waals surface area contributed by atoms with Gasteiger partial charge in [-0.2, -0.15) is 5.26 Å². The van der Waals surface area contributed by atoms with E-state index in [-0.39, 0.29) is 0 Å². The van der Waals surface area contributed by atoms with Gasteiger partial charge in [0.25, 0.3) is 0 Å². The zero-order valence-corrected chi connectivity index (χ0v) is 12.0. The summed E-state index contributed by atoms with van der Waals surface area (Å²) in [6.07, 6.45) is 0. The van der Waals surface area contributed by atoms with Crippen molar-refractivity contribution in [1.29, 1.82) is 5.26 Å². The lowest BCUT2D eigenvalue weighted by Gasteiger charge is -1.94. The predicted molar refractivity (Wildman–Crippen MR) is 79.7 cm³/mol. The molecule has 0 aliphatic rings. The molecule has 5 heteroatoms. The fourth-order valence-corrected chi connectivity index (χ4v) is 2.17. The van der Waals surface area contributed by atoms with Gasteiger partial charge in [0.05, 0.1) is 17.3 Å². The molecule has 0 bridgehead atoms. The van der Waals surface area contributed by atoms with Gasteiger partial charge < -0.3 is 4.42 Å². The Morgan fingerprint density at radius 1 is 1.11 bits per heavy atom. The molecule has 0 saturated heterocycles. The van der Waals surface area contributed by atoms with E-state index in [2.05, 4.69) is 38.6 Å². The second-order valence-electron chi connectivity index (χ2n) is 3.97. The number of rotatable bonds is 2. The number of hydrogen-bond donors (Lipinski definition) is 0. The minimum atomic E-state index is 0.526. The van der Waals surface area contributed by atoms with Crippen LogP contribution in [0.4, 0.5) is 0 Å². The van der Waals surface area contributed by atoms with E-state index in [9.17, 15) is 0 Å². The van der Waals surface area contributed by atoms with E-state index in [1.165, 1.54) is 0 Å². The number of pyridine rings is 1. The standard InChI is InChI=1S/C14H8IN3O/c15-7-11-5-6-12-14(17-11)19-13(18-12)10-3-1-9(8-16)2-4-10/h1-6H,7H2. The van der Waals surface area contributed by atoms with Crippen LogP contribution in [0.3, 0.4) is 0 Å². The number of hydrogen-bond acceptors (Lipinski definition) is 4. The van der Waals surface area contributed by atoms with Crippen LogP contribution in [0.15, 0.2) is 40.8 Å². The van der Waals surface area contributed by atoms with Crippen molar-refractivity contribution in [3.63, 3.8) is 0 Å². The van der Waals surface area contributed by atoms with Crippen molar-refractivity contribution >= 4 is 33.8 Å². The molecule has 92 valence electrons. The Morgan fingerprint density at radius 2 is 1.89 bits per heavy atom. The van der Waals surface area contributed by atoms with Gasteiger partial charge in [0.2, 0.25) is 11.6 Å². The molecule has 3 aromatic rings. The Balaban J connectivity index is 2.07. The summed E-state index contributed by atoms with van der Waals surface area (Å²) in [6, 6.07) is 13.1. The molecule has 3 rings (SSSR count). The quantitative estimate of drug-likeness (QED) is 0.516. The van der Waals surface area contributed by atoms with Crippen molar-refractivity contribution in [1.82, 2.24) is 9.97 Å². The van der Waals surface area contributed by atoms with E-state index in [1.54, 1.807) is 12.1 Å². The zero-order valence-electron chi connectivity index (χ0n) is 9.80. The highest BCUT2D eigenvalue weighted by Crippen LogP contribution is 2.23. The fourth-order valence-electron chi connectivity index (χ4n) is 1.74. The highest BCUT2D eigenvalue weighted by molar-refractivity contribution is 14.1. The molecular formula is C14H8IN3O. The van der Waals surface area contributed by atoms with Crippen LogP contribution in [0.2, 0.25) is 0 Å². The lowest BCUT2D eigenvalue weighted by atomic mass is 10.1. The second-order valence-corrected chi connectivity index (χ2v) is 4.73. The molecule has 0 amide bonds. The summed E-state index contributed by atoms with van der Waals surface area (Å²) in [5.74, 6) is 0.526. The highest BCUT2D eigenvalue weighted by atomic mass is 127. The Hall–Kier alpha value is -1.94. The van der Waals surface area contributed by atoms with E-state index in [0.29, 0.717) is 17.2 Å². The Labute approximate surface area is 123 Å². The van der Waals surface area contributed by atoms with Crippen molar-refractivity contribution in [3.8, 4) is 17.5 Å². The third-order valence-corrected chi connectivity index (χ3v) is 3.49. The minimum Gasteiger partial charge on any atom is -0.418 e. The smallest absolute Gasteiger partial charge is 0.247 e. The lowest BCUT2D eigenvalue weighted by Crippen LogP contribution is -1.82. The van der Waals surface area contributed by atoms with Crippen molar-refractivity contribution in [2.75, 3.05) is 0 Å². The number of oxazole rings is 1. The number of halogens is 1. The van der Waals surface area contributed by atoms with Crippen LogP contribution in [-0.4, -0.2) is 9.97 Å². The molecule has 0 radical (unpaired) electrons. The van der Waals surface area contributed by atoms with E-state index in [0.717, 1.165) is 21.2 Å². The zero-order chi connectivity index (χ0) is 13.2. The maximum absolute atomic E-state index is 8.77. The average Bonchev–Trinajstić information content (AvgIpc) is 2.90. The van der Waals surface area contributed by atoms with Gasteiger partial charge in [-0.1, -0.05) is 22.6 Å². The first-order valence-electron chi connectivity index (χ1n) is 5.63. The fraction of sp³-hybridized carbons (Fsp3) is 0.0714. The van der Waals surface area contributed by atoms with Crippen molar-refractivity contribution in [2.24, 2.45) is 0 Å². The molecule has 0 aliphatic heterocycles. The van der Waals surface area contributed by atoms with Crippen LogP contribution < -0.4 is 0 Å². The summed E-state index contributed by atoms with van der Waals surface area (Å²) in [6.45, 7) is 0. The minimum absolute atomic E-state index is 0.526. The van der Waals surface area contributed by atoms with Gasteiger partial charge in [-0.05, 0) is 36.4 Å². The summed E-state index contributed by atoms with van der Waals surface area (Å²) in [5.41, 5.74) is 3.72. The third-order valence-electron chi connectivity index (χ3n) is 2.71. The monoisotopic (exact) mass is 361 g/mol. The molecule has 2 aromatic heterocycles. The van der Waals surface area contributed by atoms with Gasteiger partial charge in [0.15, 0.2) is 0 Å². The van der Waals surface area contributed by atoms with Gasteiger partial charge in [0.1, 0.15) is 5.52 Å². The number of alkyl halides is 1. The first kappa shape index (κ1) is 12.1. The van der Waals surface area contributed by atoms with Crippen molar-refractivity contribution < 1.29 is 4.42 Å². The van der Waals surface area contributed by atoms with Crippen molar-refractivity contribution in [3.05, 3.63) is 47.7 Å². The third kappa shape index (κ3) is 2.31. The summed E-state index contributed by atoms with van der Waals surface area (Å²) in [5, 5.41) is 8.77. The van der Waals surface area contributed by atoms with Crippen LogP contribution in [0, 0.1) is 11.3 Å². The molecule has 0 atom stereocenters. The maximum atomic E-state index is 8.77. The maximum Gasteiger partial charge on any atom is 0.247 e. The van der Waals surface area contributed by atoms with Crippen LogP contribution in [0.5, 0.6) is 0 Å². The molecule has 0 unspecified atom stereocenters. The van der Waals surface area contributed by atoms with E-state index < -0.39 is 0 Å². The highest BCUT2D eigenvalue weighted by Gasteiger charge is 2.09. The Morgan fingerprint density at radius 3 is 2.58 bits per heavy atom. The van der Waals surface area contributed by atoms with Gasteiger partial charge in [0, 0.05) is 9.99 Å². The molecule has 2 heterocycles. The normalized spacial score (nSPS) is 10.5. The molecule has 1 aromatic carbocycles. The summed E-state index contributed by atoms with van der Waals surface area (Å²) < 4.78 is 6.50. The first-order valence-corrected chi connectivity index (χ1v) is 7.15. The van der Waals surface area contributed by atoms with Crippen LogP contribution in [-0.2, 0) is 4.43 Å². The van der Waals surface area contributed by atoms with Crippen LogP contribution in [0.25, 0.3) is 22.7 Å². The molecule has 4 nitrogen and oxygen atoms in total. The number of nitrogens with zero attached hydrogens (tertiary/aromatic N) is 3. The summed E-state index contributed by atoms with van der Waals surface area (Å²) in [4.78, 5) is 8.78. The second kappa shape index (κ2) is 4.97. The molecule has 0 spiro atoms. The Kier molecular flexibility index (Phi) is 3.17. The molecule has 0 saturated carbocycles. The number of aromatic nitrogens is 2. The molecular weight excluding hydrogens is 353 g/mol. The summed E-state index contributed by atoms with van der Waals surface area (Å²) in [7, 11) is 0. The van der Waals surface area contributed by atoms with Gasteiger partial charge in [-0.3, -0.25) is 0 Å². The molecule has 0 aliphatic carbocycles. The van der Waals surface area contributed by atoms with Gasteiger partial charge in [-0.25, -0.2) is 9.97 Å². The topological polar surface area (TPSA) is 62.7 Å². The average molecular weight is 361 g/mol. The number of fused-ring (bicyclic) bond motifs is 1. The largest absolute Gasteiger partial charge is 0.418 e. The van der Waals surface area contributed by atoms with E-state index in [4.69, 9.17) is 9.68 Å². The predicted octanol–water partition coefficient (Wildman–Crippen LogP) is 3.70. The SMILES string of the molecule is N#Cc1ccc(-c2nc3ccc(CI)nc3o2)cc1. The van der Waals surface area contributed by atoms with E-state index >= 15 is 0 Å². The number of nitriles is 1. The summed E-state index contributed by atoms with van der Waals surface area (Å²) >= 11 is 2.26. The van der Waals surface area contributed by atoms with Gasteiger partial charge >= 0.3 is 0 Å². The first-order chi connectivity index (χ1) is 9.30. The van der Waals surface area contributed by atoms with Gasteiger partial charge in [-0.15, -0.1) is 0 Å². The molecule has 0 fully saturated rings. The number of benzene rings is 1. The van der Waals surface area contributed by atoms with Crippen LogP contribution in [0.1, 0.15) is 11.3 Å². The van der Waals surface area contributed by atoms with E-state index in [1.807, 2.05) is 24.3 Å². The molecule has 19 heavy (non-hydrogen) atoms. The Bertz CT molecular complexity index is 771. The molecule has 0 N–H and O–H groups in total.